The van der Waals surface area contributed by atoms with Gasteiger partial charge in [-0.3, -0.25) is 0 Å². The van der Waals surface area contributed by atoms with Crippen molar-refractivity contribution >= 4 is 0 Å². The quantitative estimate of drug-likeness (QED) is 0.722. The van der Waals surface area contributed by atoms with Gasteiger partial charge < -0.3 is 15.2 Å². The lowest BCUT2D eigenvalue weighted by Crippen LogP contribution is -2.05. The van der Waals surface area contributed by atoms with Crippen LogP contribution in [0.15, 0.2) is 24.3 Å². The fourth-order valence-corrected chi connectivity index (χ4v) is 1.36. The van der Waals surface area contributed by atoms with Gasteiger partial charge >= 0.3 is 0 Å². The Kier molecular flexibility index (Phi) is 5.90. The smallest absolute Gasteiger partial charge is 0.119 e. The molecule has 0 aliphatic rings. The van der Waals surface area contributed by atoms with Crippen LogP contribution in [0.3, 0.4) is 0 Å². The summed E-state index contributed by atoms with van der Waals surface area (Å²) in [7, 11) is 0. The summed E-state index contributed by atoms with van der Waals surface area (Å²) in [6.07, 6.45) is 0.920. The minimum Gasteiger partial charge on any atom is -0.494 e. The summed E-state index contributed by atoms with van der Waals surface area (Å²) in [4.78, 5) is 0. The van der Waals surface area contributed by atoms with Crippen LogP contribution in [0.25, 0.3) is 0 Å². The standard InChI is InChI=1S/C13H21NO2/c1-3-15-9-4-10-16-13-7-5-12(6-8-13)11(2)14/h5-8,11H,3-4,9-10,14H2,1-2H3/t11-/m1/s1. The topological polar surface area (TPSA) is 44.5 Å². The Morgan fingerprint density at radius 2 is 1.88 bits per heavy atom. The molecule has 90 valence electrons. The maximum Gasteiger partial charge on any atom is 0.119 e. The molecule has 1 aromatic carbocycles. The average Bonchev–Trinajstić information content (AvgIpc) is 2.29. The second-order valence-corrected chi connectivity index (χ2v) is 3.76. The Labute approximate surface area is 97.6 Å². The molecule has 3 nitrogen and oxygen atoms in total. The maximum absolute atomic E-state index is 5.76. The summed E-state index contributed by atoms with van der Waals surface area (Å²) in [6.45, 7) is 6.18. The molecule has 0 spiro atoms. The molecule has 0 amide bonds. The number of nitrogens with two attached hydrogens (primary N) is 1. The molecule has 3 heteroatoms. The highest BCUT2D eigenvalue weighted by Gasteiger charge is 1.99. The lowest BCUT2D eigenvalue weighted by Gasteiger charge is -2.08. The van der Waals surface area contributed by atoms with Crippen molar-refractivity contribution in [2.75, 3.05) is 19.8 Å². The molecule has 0 aliphatic carbocycles. The van der Waals surface area contributed by atoms with E-state index in [1.807, 2.05) is 38.1 Å². The van der Waals surface area contributed by atoms with Crippen LogP contribution in [0.1, 0.15) is 31.9 Å². The van der Waals surface area contributed by atoms with Gasteiger partial charge in [0, 0.05) is 25.7 Å². The number of rotatable bonds is 7. The van der Waals surface area contributed by atoms with Gasteiger partial charge in [0.1, 0.15) is 5.75 Å². The highest BCUT2D eigenvalue weighted by Crippen LogP contribution is 2.16. The van der Waals surface area contributed by atoms with Crippen molar-refractivity contribution in [3.05, 3.63) is 29.8 Å². The van der Waals surface area contributed by atoms with Crippen LogP contribution in [0.2, 0.25) is 0 Å². The van der Waals surface area contributed by atoms with Gasteiger partial charge in [-0.05, 0) is 31.5 Å². The normalized spacial score (nSPS) is 12.4. The van der Waals surface area contributed by atoms with Crippen molar-refractivity contribution in [3.63, 3.8) is 0 Å². The van der Waals surface area contributed by atoms with E-state index in [1.165, 1.54) is 0 Å². The van der Waals surface area contributed by atoms with Crippen LogP contribution in [-0.2, 0) is 4.74 Å². The van der Waals surface area contributed by atoms with E-state index < -0.39 is 0 Å². The lowest BCUT2D eigenvalue weighted by atomic mass is 10.1. The molecule has 0 aromatic heterocycles. The molecule has 0 radical (unpaired) electrons. The van der Waals surface area contributed by atoms with E-state index in [9.17, 15) is 0 Å². The molecule has 2 N–H and O–H groups in total. The number of ether oxygens (including phenoxy) is 2. The van der Waals surface area contributed by atoms with Crippen LogP contribution in [-0.4, -0.2) is 19.8 Å². The Morgan fingerprint density at radius 3 is 2.44 bits per heavy atom. The Morgan fingerprint density at radius 1 is 1.19 bits per heavy atom. The van der Waals surface area contributed by atoms with Crippen molar-refractivity contribution in [2.45, 2.75) is 26.3 Å². The molecular weight excluding hydrogens is 202 g/mol. The third-order valence-corrected chi connectivity index (χ3v) is 2.31. The number of hydrogen-bond donors (Lipinski definition) is 1. The molecule has 0 fully saturated rings. The second-order valence-electron chi connectivity index (χ2n) is 3.76. The zero-order chi connectivity index (χ0) is 11.8. The van der Waals surface area contributed by atoms with E-state index in [-0.39, 0.29) is 6.04 Å². The lowest BCUT2D eigenvalue weighted by molar-refractivity contribution is 0.131. The first kappa shape index (κ1) is 13.0. The van der Waals surface area contributed by atoms with Gasteiger partial charge in [0.05, 0.1) is 6.61 Å². The SMILES string of the molecule is CCOCCCOc1ccc([C@@H](C)N)cc1. The average molecular weight is 223 g/mol. The van der Waals surface area contributed by atoms with Crippen LogP contribution >= 0.6 is 0 Å². The van der Waals surface area contributed by atoms with E-state index in [0.29, 0.717) is 6.61 Å². The van der Waals surface area contributed by atoms with Crippen molar-refractivity contribution in [2.24, 2.45) is 5.73 Å². The first-order chi connectivity index (χ1) is 7.74. The minimum absolute atomic E-state index is 0.0759. The van der Waals surface area contributed by atoms with Crippen molar-refractivity contribution in [1.82, 2.24) is 0 Å². The number of hydrogen-bond acceptors (Lipinski definition) is 3. The molecule has 0 saturated carbocycles. The molecule has 16 heavy (non-hydrogen) atoms. The molecular formula is C13H21NO2. The Balaban J connectivity index is 2.27. The predicted molar refractivity (Wildman–Crippen MR) is 65.6 cm³/mol. The van der Waals surface area contributed by atoms with E-state index >= 15 is 0 Å². The van der Waals surface area contributed by atoms with E-state index in [2.05, 4.69) is 0 Å². The molecule has 0 aliphatic heterocycles. The summed E-state index contributed by atoms with van der Waals surface area (Å²) in [5.41, 5.74) is 6.89. The first-order valence-corrected chi connectivity index (χ1v) is 5.80. The van der Waals surface area contributed by atoms with E-state index in [1.54, 1.807) is 0 Å². The predicted octanol–water partition coefficient (Wildman–Crippen LogP) is 2.51. The molecule has 1 aromatic rings. The third-order valence-electron chi connectivity index (χ3n) is 2.31. The highest BCUT2D eigenvalue weighted by molar-refractivity contribution is 5.28. The van der Waals surface area contributed by atoms with Gasteiger partial charge in [-0.2, -0.15) is 0 Å². The number of benzene rings is 1. The monoisotopic (exact) mass is 223 g/mol. The van der Waals surface area contributed by atoms with Crippen molar-refractivity contribution in [3.8, 4) is 5.75 Å². The van der Waals surface area contributed by atoms with Crippen molar-refractivity contribution < 1.29 is 9.47 Å². The fraction of sp³-hybridized carbons (Fsp3) is 0.538. The zero-order valence-electron chi connectivity index (χ0n) is 10.1. The van der Waals surface area contributed by atoms with E-state index in [0.717, 1.165) is 30.9 Å². The molecule has 0 bridgehead atoms. The van der Waals surface area contributed by atoms with Gasteiger partial charge in [0.15, 0.2) is 0 Å². The van der Waals surface area contributed by atoms with Gasteiger partial charge in [-0.1, -0.05) is 12.1 Å². The molecule has 1 atom stereocenters. The first-order valence-electron chi connectivity index (χ1n) is 5.80. The maximum atomic E-state index is 5.76. The zero-order valence-corrected chi connectivity index (χ0v) is 10.1. The van der Waals surface area contributed by atoms with E-state index in [4.69, 9.17) is 15.2 Å². The Hall–Kier alpha value is -1.06. The fourth-order valence-electron chi connectivity index (χ4n) is 1.36. The molecule has 0 saturated heterocycles. The Bertz CT molecular complexity index is 282. The van der Waals surface area contributed by atoms with Gasteiger partial charge in [0.25, 0.3) is 0 Å². The van der Waals surface area contributed by atoms with Crippen molar-refractivity contribution in [1.29, 1.82) is 0 Å². The molecule has 1 rings (SSSR count). The largest absolute Gasteiger partial charge is 0.494 e. The minimum atomic E-state index is 0.0759. The summed E-state index contributed by atoms with van der Waals surface area (Å²) < 4.78 is 10.8. The van der Waals surface area contributed by atoms with Crippen LogP contribution in [0.4, 0.5) is 0 Å². The van der Waals surface area contributed by atoms with Gasteiger partial charge in [-0.15, -0.1) is 0 Å². The highest BCUT2D eigenvalue weighted by atomic mass is 16.5. The molecule has 0 heterocycles. The van der Waals surface area contributed by atoms with Crippen LogP contribution in [0, 0.1) is 0 Å². The summed E-state index contributed by atoms with van der Waals surface area (Å²) in [5.74, 6) is 0.890. The third kappa shape index (κ3) is 4.64. The summed E-state index contributed by atoms with van der Waals surface area (Å²) in [6, 6.07) is 8.00. The second kappa shape index (κ2) is 7.25. The van der Waals surface area contributed by atoms with Gasteiger partial charge in [0.2, 0.25) is 0 Å². The molecule has 0 unspecified atom stereocenters. The summed E-state index contributed by atoms with van der Waals surface area (Å²) >= 11 is 0. The van der Waals surface area contributed by atoms with Gasteiger partial charge in [-0.25, -0.2) is 0 Å². The van der Waals surface area contributed by atoms with Crippen LogP contribution in [0.5, 0.6) is 5.75 Å². The summed E-state index contributed by atoms with van der Waals surface area (Å²) in [5, 5.41) is 0. The van der Waals surface area contributed by atoms with Crippen LogP contribution < -0.4 is 10.5 Å².